The first-order valence-electron chi connectivity index (χ1n) is 7.39. The molecule has 0 saturated heterocycles. The molecule has 128 valence electrons. The average molecular weight is 362 g/mol. The molecule has 1 amide bonds. The minimum Gasteiger partial charge on any atom is -0.346 e. The molecule has 2 aromatic carbocycles. The van der Waals surface area contributed by atoms with E-state index in [1.807, 2.05) is 35.7 Å². The Morgan fingerprint density at radius 1 is 1.04 bits per heavy atom. The van der Waals surface area contributed by atoms with E-state index in [1.54, 1.807) is 0 Å². The molecule has 1 N–H and O–H groups in total. The van der Waals surface area contributed by atoms with Crippen LogP contribution in [0.5, 0.6) is 0 Å². The summed E-state index contributed by atoms with van der Waals surface area (Å²) in [6.07, 6.45) is -4.41. The van der Waals surface area contributed by atoms with Crippen LogP contribution in [0.2, 0.25) is 0 Å². The van der Waals surface area contributed by atoms with Crippen molar-refractivity contribution in [2.24, 2.45) is 0 Å². The minimum atomic E-state index is -4.41. The van der Waals surface area contributed by atoms with Crippen molar-refractivity contribution in [1.29, 1.82) is 0 Å². The van der Waals surface area contributed by atoms with E-state index in [2.05, 4.69) is 10.3 Å². The normalized spacial score (nSPS) is 11.3. The van der Waals surface area contributed by atoms with E-state index in [9.17, 15) is 18.0 Å². The first-order chi connectivity index (χ1) is 11.9. The average Bonchev–Trinajstić information content (AvgIpc) is 3.09. The van der Waals surface area contributed by atoms with Gasteiger partial charge in [-0.05, 0) is 24.3 Å². The van der Waals surface area contributed by atoms with Gasteiger partial charge in [-0.1, -0.05) is 30.3 Å². The summed E-state index contributed by atoms with van der Waals surface area (Å²) in [5.41, 5.74) is 1.08. The Hall–Kier alpha value is -2.67. The Kier molecular flexibility index (Phi) is 4.85. The number of carbonyl (C=O) groups excluding carboxylic acids is 1. The van der Waals surface area contributed by atoms with Crippen molar-refractivity contribution in [3.8, 4) is 10.6 Å². The van der Waals surface area contributed by atoms with Crippen molar-refractivity contribution >= 4 is 17.2 Å². The van der Waals surface area contributed by atoms with E-state index in [1.165, 1.54) is 11.3 Å². The van der Waals surface area contributed by atoms with Gasteiger partial charge >= 0.3 is 6.18 Å². The lowest BCUT2D eigenvalue weighted by molar-refractivity contribution is -0.137. The lowest BCUT2D eigenvalue weighted by atomic mass is 10.1. The van der Waals surface area contributed by atoms with Crippen molar-refractivity contribution in [2.75, 3.05) is 0 Å². The van der Waals surface area contributed by atoms with Crippen LogP contribution in [0.1, 0.15) is 21.6 Å². The van der Waals surface area contributed by atoms with E-state index in [4.69, 9.17) is 0 Å². The SMILES string of the molecule is O=C(NCc1csc(-c2ccccc2)n1)c1ccc(C(F)(F)F)cc1. The fraction of sp³-hybridized carbons (Fsp3) is 0.111. The number of rotatable bonds is 4. The topological polar surface area (TPSA) is 42.0 Å². The lowest BCUT2D eigenvalue weighted by Gasteiger charge is -2.07. The Labute approximate surface area is 146 Å². The number of hydrogen-bond donors (Lipinski definition) is 1. The molecule has 0 bridgehead atoms. The third kappa shape index (κ3) is 4.24. The van der Waals surface area contributed by atoms with Crippen LogP contribution in [-0.4, -0.2) is 10.9 Å². The number of hydrogen-bond acceptors (Lipinski definition) is 3. The lowest BCUT2D eigenvalue weighted by Crippen LogP contribution is -2.23. The van der Waals surface area contributed by atoms with Crippen molar-refractivity contribution < 1.29 is 18.0 Å². The Morgan fingerprint density at radius 2 is 1.72 bits per heavy atom. The fourth-order valence-electron chi connectivity index (χ4n) is 2.18. The third-order valence-electron chi connectivity index (χ3n) is 3.48. The first kappa shape index (κ1) is 17.2. The van der Waals surface area contributed by atoms with Gasteiger partial charge in [-0.15, -0.1) is 11.3 Å². The maximum Gasteiger partial charge on any atom is 0.416 e. The van der Waals surface area contributed by atoms with E-state index in [-0.39, 0.29) is 12.1 Å². The van der Waals surface area contributed by atoms with Gasteiger partial charge in [0.1, 0.15) is 5.01 Å². The molecule has 0 unspecified atom stereocenters. The van der Waals surface area contributed by atoms with Gasteiger partial charge in [0.25, 0.3) is 5.91 Å². The van der Waals surface area contributed by atoms with Gasteiger partial charge in [-0.2, -0.15) is 13.2 Å². The van der Waals surface area contributed by atoms with E-state index in [0.717, 1.165) is 34.8 Å². The van der Waals surface area contributed by atoms with E-state index in [0.29, 0.717) is 5.69 Å². The Balaban J connectivity index is 1.62. The second kappa shape index (κ2) is 7.06. The molecular weight excluding hydrogens is 349 g/mol. The van der Waals surface area contributed by atoms with Crippen molar-refractivity contribution in [1.82, 2.24) is 10.3 Å². The number of nitrogens with one attached hydrogen (secondary N) is 1. The van der Waals surface area contributed by atoms with Crippen LogP contribution in [0.4, 0.5) is 13.2 Å². The molecule has 0 atom stereocenters. The first-order valence-corrected chi connectivity index (χ1v) is 8.27. The molecule has 0 spiro atoms. The molecule has 0 aliphatic heterocycles. The van der Waals surface area contributed by atoms with Crippen LogP contribution in [0, 0.1) is 0 Å². The van der Waals surface area contributed by atoms with Gasteiger partial charge in [-0.3, -0.25) is 4.79 Å². The fourth-order valence-corrected chi connectivity index (χ4v) is 3.01. The van der Waals surface area contributed by atoms with Gasteiger partial charge in [0.05, 0.1) is 17.8 Å². The minimum absolute atomic E-state index is 0.173. The molecule has 0 saturated carbocycles. The summed E-state index contributed by atoms with van der Waals surface area (Å²) in [6, 6.07) is 13.8. The van der Waals surface area contributed by atoms with Crippen LogP contribution in [-0.2, 0) is 12.7 Å². The largest absolute Gasteiger partial charge is 0.416 e. The number of alkyl halides is 3. The molecule has 0 radical (unpaired) electrons. The number of nitrogens with zero attached hydrogens (tertiary/aromatic N) is 1. The van der Waals surface area contributed by atoms with Crippen LogP contribution >= 0.6 is 11.3 Å². The van der Waals surface area contributed by atoms with Crippen LogP contribution in [0.15, 0.2) is 60.0 Å². The summed E-state index contributed by atoms with van der Waals surface area (Å²) in [5.74, 6) is -0.442. The highest BCUT2D eigenvalue weighted by Gasteiger charge is 2.30. The molecular formula is C18H13F3N2OS. The molecule has 25 heavy (non-hydrogen) atoms. The quantitative estimate of drug-likeness (QED) is 0.727. The number of thiazole rings is 1. The third-order valence-corrected chi connectivity index (χ3v) is 4.42. The number of carbonyl (C=O) groups is 1. The Bertz CT molecular complexity index is 858. The molecule has 1 heterocycles. The predicted molar refractivity (Wildman–Crippen MR) is 90.2 cm³/mol. The van der Waals surface area contributed by atoms with Crippen LogP contribution in [0.25, 0.3) is 10.6 Å². The summed E-state index contributed by atoms with van der Waals surface area (Å²) in [7, 11) is 0. The molecule has 7 heteroatoms. The summed E-state index contributed by atoms with van der Waals surface area (Å²) in [6.45, 7) is 0.211. The highest BCUT2D eigenvalue weighted by Crippen LogP contribution is 2.29. The summed E-state index contributed by atoms with van der Waals surface area (Å²) in [5, 5.41) is 5.35. The zero-order valence-corrected chi connectivity index (χ0v) is 13.7. The van der Waals surface area contributed by atoms with Crippen LogP contribution < -0.4 is 5.32 Å². The van der Waals surface area contributed by atoms with Gasteiger partial charge in [-0.25, -0.2) is 4.98 Å². The molecule has 0 fully saturated rings. The maximum atomic E-state index is 12.5. The van der Waals surface area contributed by atoms with E-state index >= 15 is 0 Å². The van der Waals surface area contributed by atoms with Gasteiger partial charge < -0.3 is 5.32 Å². The monoisotopic (exact) mass is 362 g/mol. The van der Waals surface area contributed by atoms with Crippen molar-refractivity contribution in [3.05, 3.63) is 76.8 Å². The summed E-state index contributed by atoms with van der Waals surface area (Å²) < 4.78 is 37.6. The number of aromatic nitrogens is 1. The second-order valence-corrected chi connectivity index (χ2v) is 6.13. The number of halogens is 3. The molecule has 0 aliphatic rings. The predicted octanol–water partition coefficient (Wildman–Crippen LogP) is 4.76. The van der Waals surface area contributed by atoms with Gasteiger partial charge in [0.15, 0.2) is 0 Å². The molecule has 3 nitrogen and oxygen atoms in total. The number of amides is 1. The van der Waals surface area contributed by atoms with Crippen LogP contribution in [0.3, 0.4) is 0 Å². The van der Waals surface area contributed by atoms with Gasteiger partial charge in [0, 0.05) is 16.5 Å². The van der Waals surface area contributed by atoms with Crippen molar-refractivity contribution in [3.63, 3.8) is 0 Å². The van der Waals surface area contributed by atoms with E-state index < -0.39 is 17.6 Å². The summed E-state index contributed by atoms with van der Waals surface area (Å²) >= 11 is 1.47. The Morgan fingerprint density at radius 3 is 2.36 bits per heavy atom. The summed E-state index contributed by atoms with van der Waals surface area (Å²) in [4.78, 5) is 16.5. The maximum absolute atomic E-state index is 12.5. The molecule has 1 aromatic heterocycles. The molecule has 0 aliphatic carbocycles. The molecule has 3 rings (SSSR count). The zero-order chi connectivity index (χ0) is 17.9. The van der Waals surface area contributed by atoms with Crippen molar-refractivity contribution in [2.45, 2.75) is 12.7 Å². The standard InChI is InChI=1S/C18H13F3N2OS/c19-18(20,21)14-8-6-12(7-9-14)16(24)22-10-15-11-25-17(23-15)13-4-2-1-3-5-13/h1-9,11H,10H2,(H,22,24). The smallest absolute Gasteiger partial charge is 0.346 e. The molecule has 3 aromatic rings. The van der Waals surface area contributed by atoms with Gasteiger partial charge in [0.2, 0.25) is 0 Å². The highest BCUT2D eigenvalue weighted by atomic mass is 32.1. The number of benzene rings is 2. The highest BCUT2D eigenvalue weighted by molar-refractivity contribution is 7.13. The second-order valence-electron chi connectivity index (χ2n) is 5.27. The zero-order valence-electron chi connectivity index (χ0n) is 12.9.